The molecule has 1 unspecified atom stereocenters. The molecule has 6 heteroatoms. The van der Waals surface area contributed by atoms with Gasteiger partial charge in [-0.1, -0.05) is 34.1 Å². The Bertz CT molecular complexity index is 667. The van der Waals surface area contributed by atoms with Gasteiger partial charge in [0, 0.05) is 22.0 Å². The van der Waals surface area contributed by atoms with Crippen molar-refractivity contribution in [3.05, 3.63) is 51.7 Å². The van der Waals surface area contributed by atoms with Crippen LogP contribution >= 0.6 is 15.9 Å². The van der Waals surface area contributed by atoms with E-state index < -0.39 is 11.2 Å². The van der Waals surface area contributed by atoms with Crippen molar-refractivity contribution >= 4 is 44.4 Å². The minimum Gasteiger partial charge on any atom is -0.595 e. The first-order valence-electron chi connectivity index (χ1n) is 5.36. The molecule has 0 saturated heterocycles. The lowest BCUT2D eigenvalue weighted by Crippen LogP contribution is -2.99. The van der Waals surface area contributed by atoms with E-state index in [2.05, 4.69) is 15.9 Å². The van der Waals surface area contributed by atoms with Gasteiger partial charge in [-0.15, -0.1) is 0 Å². The summed E-state index contributed by atoms with van der Waals surface area (Å²) in [4.78, 5) is 10.6. The highest BCUT2D eigenvalue weighted by molar-refractivity contribution is 9.10. The van der Waals surface area contributed by atoms with Crippen molar-refractivity contribution in [2.75, 3.05) is 0 Å². The lowest BCUT2D eigenvalue weighted by atomic mass is 10.0. The third kappa shape index (κ3) is 2.82. The molecule has 0 saturated carbocycles. The molecule has 2 aromatic rings. The van der Waals surface area contributed by atoms with Gasteiger partial charge in [-0.2, -0.15) is 5.23 Å². The fourth-order valence-corrected chi connectivity index (χ4v) is 2.34. The third-order valence-corrected chi connectivity index (χ3v) is 3.35. The molecule has 0 aliphatic heterocycles. The Labute approximate surface area is 117 Å². The predicted octanol–water partition coefficient (Wildman–Crippen LogP) is 2.10. The van der Waals surface area contributed by atoms with Crippen LogP contribution < -0.4 is 5.23 Å². The van der Waals surface area contributed by atoms with E-state index in [1.54, 1.807) is 24.3 Å². The van der Waals surface area contributed by atoms with Gasteiger partial charge < -0.3 is 10.3 Å². The van der Waals surface area contributed by atoms with Crippen LogP contribution in [0.2, 0.25) is 0 Å². The van der Waals surface area contributed by atoms with E-state index in [-0.39, 0.29) is 5.69 Å². The fraction of sp³-hybridized carbons (Fsp3) is 0. The summed E-state index contributed by atoms with van der Waals surface area (Å²) in [5.41, 5.74) is 0.697. The van der Waals surface area contributed by atoms with Crippen LogP contribution in [0.3, 0.4) is 0 Å². The number of nitrogens with one attached hydrogen (secondary N) is 1. The second-order valence-corrected chi connectivity index (χ2v) is 4.70. The maximum absolute atomic E-state index is 11.3. The highest BCUT2D eigenvalue weighted by Crippen LogP contribution is 2.31. The van der Waals surface area contributed by atoms with Gasteiger partial charge in [0.05, 0.1) is 5.39 Å². The minimum absolute atomic E-state index is 0.142. The quantitative estimate of drug-likeness (QED) is 0.596. The number of benzene rings is 2. The van der Waals surface area contributed by atoms with Crippen LogP contribution in [0.4, 0.5) is 5.69 Å². The Morgan fingerprint density at radius 3 is 2.68 bits per heavy atom. The molecule has 2 rings (SSSR count). The zero-order chi connectivity index (χ0) is 14.0. The van der Waals surface area contributed by atoms with E-state index in [0.29, 0.717) is 10.9 Å². The number of aliphatic carboxylic acids is 1. The van der Waals surface area contributed by atoms with Crippen molar-refractivity contribution in [3.8, 4) is 0 Å². The standard InChI is InChI=1S/C13H10BrNO4/c14-10-5-6-11(15(18)19)13-8(4-7-12(16)17)2-1-3-9(10)13/h1-7,15,18H,(H,16,17). The molecule has 0 amide bonds. The third-order valence-electron chi connectivity index (χ3n) is 2.66. The average molecular weight is 324 g/mol. The molecule has 0 fully saturated rings. The molecule has 0 aliphatic carbocycles. The van der Waals surface area contributed by atoms with Gasteiger partial charge in [0.2, 0.25) is 0 Å². The van der Waals surface area contributed by atoms with E-state index in [1.807, 2.05) is 0 Å². The van der Waals surface area contributed by atoms with E-state index in [9.17, 15) is 15.2 Å². The van der Waals surface area contributed by atoms with Gasteiger partial charge in [0.15, 0.2) is 5.69 Å². The van der Waals surface area contributed by atoms with Crippen LogP contribution in [-0.2, 0) is 4.79 Å². The summed E-state index contributed by atoms with van der Waals surface area (Å²) in [7, 11) is 0. The zero-order valence-corrected chi connectivity index (χ0v) is 11.2. The lowest BCUT2D eigenvalue weighted by molar-refractivity contribution is -0.990. The second kappa shape index (κ2) is 5.50. The molecule has 19 heavy (non-hydrogen) atoms. The molecule has 0 aromatic heterocycles. The summed E-state index contributed by atoms with van der Waals surface area (Å²) >= 11 is 3.36. The topological polar surface area (TPSA) is 85.0 Å². The maximum atomic E-state index is 11.3. The molecule has 0 spiro atoms. The first-order valence-corrected chi connectivity index (χ1v) is 6.15. The normalized spacial score (nSPS) is 13.0. The molecular formula is C13H10BrNO4. The summed E-state index contributed by atoms with van der Waals surface area (Å²) in [5, 5.41) is 29.3. The van der Waals surface area contributed by atoms with Crippen molar-refractivity contribution in [2.24, 2.45) is 0 Å². The maximum Gasteiger partial charge on any atom is 0.328 e. The fourth-order valence-electron chi connectivity index (χ4n) is 1.88. The zero-order valence-electron chi connectivity index (χ0n) is 9.63. The van der Waals surface area contributed by atoms with Crippen LogP contribution in [0, 0.1) is 5.21 Å². The summed E-state index contributed by atoms with van der Waals surface area (Å²) in [6.07, 6.45) is 2.38. The average Bonchev–Trinajstić information content (AvgIpc) is 2.36. The Hall–Kier alpha value is -1.73. The Kier molecular flexibility index (Phi) is 3.96. The first-order chi connectivity index (χ1) is 9.00. The van der Waals surface area contributed by atoms with Crippen molar-refractivity contribution in [3.63, 3.8) is 0 Å². The number of carboxylic acids is 1. The Balaban J connectivity index is 2.77. The van der Waals surface area contributed by atoms with Gasteiger partial charge in [-0.25, -0.2) is 10.0 Å². The SMILES string of the molecule is O=C(O)C=Cc1cccc2c(Br)ccc([NH+]([O-])O)c12. The van der Waals surface area contributed by atoms with Crippen LogP contribution in [-0.4, -0.2) is 16.3 Å². The highest BCUT2D eigenvalue weighted by Gasteiger charge is 2.12. The number of rotatable bonds is 3. The van der Waals surface area contributed by atoms with E-state index in [0.717, 1.165) is 15.9 Å². The van der Waals surface area contributed by atoms with Gasteiger partial charge in [-0.05, 0) is 17.7 Å². The molecule has 1 atom stereocenters. The predicted molar refractivity (Wildman–Crippen MR) is 74.1 cm³/mol. The number of quaternary nitrogens is 1. The summed E-state index contributed by atoms with van der Waals surface area (Å²) in [6, 6.07) is 8.37. The first kappa shape index (κ1) is 13.7. The van der Waals surface area contributed by atoms with Crippen molar-refractivity contribution in [1.29, 1.82) is 0 Å². The van der Waals surface area contributed by atoms with Crippen LogP contribution in [0.25, 0.3) is 16.8 Å². The molecular weight excluding hydrogens is 314 g/mol. The molecule has 0 heterocycles. The Morgan fingerprint density at radius 2 is 2.05 bits per heavy atom. The molecule has 5 nitrogen and oxygen atoms in total. The van der Waals surface area contributed by atoms with E-state index in [4.69, 9.17) is 5.11 Å². The molecule has 98 valence electrons. The van der Waals surface area contributed by atoms with E-state index >= 15 is 0 Å². The summed E-state index contributed by atoms with van der Waals surface area (Å²) < 4.78 is 0.762. The molecule has 3 N–H and O–H groups in total. The Morgan fingerprint density at radius 1 is 1.32 bits per heavy atom. The molecule has 0 radical (unpaired) electrons. The number of carboxylic acid groups (broad SMARTS) is 1. The van der Waals surface area contributed by atoms with Gasteiger partial charge in [-0.3, -0.25) is 0 Å². The molecule has 0 bridgehead atoms. The summed E-state index contributed by atoms with van der Waals surface area (Å²) in [6.45, 7) is 0. The smallest absolute Gasteiger partial charge is 0.328 e. The monoisotopic (exact) mass is 323 g/mol. The molecule has 2 aromatic carbocycles. The number of carbonyl (C=O) groups is 1. The van der Waals surface area contributed by atoms with Gasteiger partial charge in [0.25, 0.3) is 0 Å². The van der Waals surface area contributed by atoms with Crippen LogP contribution in [0.15, 0.2) is 40.9 Å². The number of hydrogen-bond acceptors (Lipinski definition) is 3. The van der Waals surface area contributed by atoms with Gasteiger partial charge in [0.1, 0.15) is 0 Å². The number of hydrogen-bond donors (Lipinski definition) is 3. The molecule has 0 aliphatic rings. The highest BCUT2D eigenvalue weighted by atomic mass is 79.9. The number of halogens is 1. The van der Waals surface area contributed by atoms with Crippen LogP contribution in [0.5, 0.6) is 0 Å². The summed E-state index contributed by atoms with van der Waals surface area (Å²) in [5.74, 6) is -1.08. The van der Waals surface area contributed by atoms with Crippen LogP contribution in [0.1, 0.15) is 5.56 Å². The largest absolute Gasteiger partial charge is 0.595 e. The number of fused-ring (bicyclic) bond motifs is 1. The second-order valence-electron chi connectivity index (χ2n) is 3.84. The van der Waals surface area contributed by atoms with Crippen molar-refractivity contribution in [2.45, 2.75) is 0 Å². The lowest BCUT2D eigenvalue weighted by Gasteiger charge is -2.16. The van der Waals surface area contributed by atoms with Crippen molar-refractivity contribution in [1.82, 2.24) is 0 Å². The van der Waals surface area contributed by atoms with Crippen molar-refractivity contribution < 1.29 is 20.3 Å². The van der Waals surface area contributed by atoms with Gasteiger partial charge >= 0.3 is 5.97 Å². The minimum atomic E-state index is -1.08. The van der Waals surface area contributed by atoms with E-state index in [1.165, 1.54) is 12.1 Å².